The molecule has 6 heteroatoms. The van der Waals surface area contributed by atoms with Gasteiger partial charge in [0, 0.05) is 27.4 Å². The molecule has 0 aromatic heterocycles. The van der Waals surface area contributed by atoms with E-state index < -0.39 is 9.28 Å². The molecule has 0 aliphatic carbocycles. The van der Waals surface area contributed by atoms with Gasteiger partial charge in [-0.1, -0.05) is 0 Å². The first kappa shape index (κ1) is 13.1. The lowest BCUT2D eigenvalue weighted by atomic mass is 10.5. The fourth-order valence-corrected chi connectivity index (χ4v) is 1.71. The Morgan fingerprint density at radius 2 is 1.87 bits per heavy atom. The van der Waals surface area contributed by atoms with Crippen molar-refractivity contribution in [1.29, 1.82) is 0 Å². The van der Waals surface area contributed by atoms with Crippen molar-refractivity contribution < 1.29 is 23.1 Å². The van der Waals surface area contributed by atoms with Crippen LogP contribution >= 0.6 is 0 Å². The molecule has 0 amide bonds. The smallest absolute Gasteiger partial charge is 0.395 e. The Hall–Kier alpha value is 0.0169. The summed E-state index contributed by atoms with van der Waals surface area (Å²) in [7, 11) is 2.08. The van der Waals surface area contributed by atoms with Crippen LogP contribution < -0.4 is 0 Å². The van der Waals surface area contributed by atoms with Crippen LogP contribution in [0.15, 0.2) is 0 Å². The SMILES string of the molecule is CO[Si](COCCCOCC1CO1)OC. The molecule has 1 radical (unpaired) electrons. The third-order valence-electron chi connectivity index (χ3n) is 1.96. The fourth-order valence-electron chi connectivity index (χ4n) is 0.999. The highest BCUT2D eigenvalue weighted by Gasteiger charge is 2.21. The van der Waals surface area contributed by atoms with E-state index in [-0.39, 0.29) is 0 Å². The van der Waals surface area contributed by atoms with Crippen LogP contribution in [-0.2, 0) is 23.1 Å². The van der Waals surface area contributed by atoms with E-state index in [0.29, 0.717) is 25.5 Å². The molecule has 1 heterocycles. The monoisotopic (exact) mass is 235 g/mol. The molecule has 1 rings (SSSR count). The van der Waals surface area contributed by atoms with E-state index >= 15 is 0 Å². The molecule has 0 aromatic rings. The average Bonchev–Trinajstić information content (AvgIpc) is 3.06. The highest BCUT2D eigenvalue weighted by Crippen LogP contribution is 2.08. The molecule has 0 aromatic carbocycles. The van der Waals surface area contributed by atoms with Crippen molar-refractivity contribution in [3.63, 3.8) is 0 Å². The van der Waals surface area contributed by atoms with Crippen LogP contribution in [0.25, 0.3) is 0 Å². The van der Waals surface area contributed by atoms with Gasteiger partial charge in [0.15, 0.2) is 0 Å². The quantitative estimate of drug-likeness (QED) is 0.306. The average molecular weight is 235 g/mol. The van der Waals surface area contributed by atoms with Gasteiger partial charge in [-0.2, -0.15) is 0 Å². The third kappa shape index (κ3) is 6.99. The number of hydrogen-bond donors (Lipinski definition) is 0. The second kappa shape index (κ2) is 8.20. The first-order valence-electron chi connectivity index (χ1n) is 5.07. The Balaban J connectivity index is 1.75. The molecule has 1 atom stereocenters. The molecule has 1 aliphatic heterocycles. The van der Waals surface area contributed by atoms with Crippen LogP contribution in [0.2, 0.25) is 0 Å². The topological polar surface area (TPSA) is 49.5 Å². The summed E-state index contributed by atoms with van der Waals surface area (Å²) >= 11 is 0. The van der Waals surface area contributed by atoms with Gasteiger partial charge in [-0.15, -0.1) is 0 Å². The molecule has 1 fully saturated rings. The number of ether oxygens (including phenoxy) is 3. The van der Waals surface area contributed by atoms with E-state index in [1.54, 1.807) is 14.2 Å². The van der Waals surface area contributed by atoms with E-state index in [2.05, 4.69) is 0 Å². The lowest BCUT2D eigenvalue weighted by molar-refractivity contribution is 0.0803. The molecule has 0 N–H and O–H groups in total. The van der Waals surface area contributed by atoms with Crippen molar-refractivity contribution in [2.75, 3.05) is 46.9 Å². The molecule has 1 unspecified atom stereocenters. The first-order valence-corrected chi connectivity index (χ1v) is 6.60. The van der Waals surface area contributed by atoms with Gasteiger partial charge in [0.1, 0.15) is 6.10 Å². The minimum absolute atomic E-state index is 0.350. The number of epoxide rings is 1. The van der Waals surface area contributed by atoms with E-state index in [1.165, 1.54) is 0 Å². The molecular weight excluding hydrogens is 216 g/mol. The normalized spacial score (nSPS) is 19.8. The summed E-state index contributed by atoms with van der Waals surface area (Å²) in [4.78, 5) is 0. The highest BCUT2D eigenvalue weighted by molar-refractivity contribution is 6.44. The predicted molar refractivity (Wildman–Crippen MR) is 55.8 cm³/mol. The van der Waals surface area contributed by atoms with Gasteiger partial charge >= 0.3 is 9.28 Å². The maximum Gasteiger partial charge on any atom is 0.412 e. The van der Waals surface area contributed by atoms with Crippen LogP contribution in [0.1, 0.15) is 6.42 Å². The Morgan fingerprint density at radius 1 is 1.20 bits per heavy atom. The molecule has 89 valence electrons. The van der Waals surface area contributed by atoms with Crippen molar-refractivity contribution in [2.24, 2.45) is 0 Å². The summed E-state index contributed by atoms with van der Waals surface area (Å²) < 4.78 is 25.9. The molecule has 1 saturated heterocycles. The highest BCUT2D eigenvalue weighted by atomic mass is 28.3. The fraction of sp³-hybridized carbons (Fsp3) is 1.00. The molecule has 0 bridgehead atoms. The van der Waals surface area contributed by atoms with E-state index in [4.69, 9.17) is 23.1 Å². The predicted octanol–water partition coefficient (Wildman–Crippen LogP) is 0.129. The molecule has 0 spiro atoms. The second-order valence-corrected chi connectivity index (χ2v) is 5.07. The van der Waals surface area contributed by atoms with Gasteiger partial charge in [-0.05, 0) is 6.42 Å². The van der Waals surface area contributed by atoms with Crippen LogP contribution in [0.5, 0.6) is 0 Å². The zero-order valence-electron chi connectivity index (χ0n) is 9.36. The van der Waals surface area contributed by atoms with Crippen molar-refractivity contribution in [1.82, 2.24) is 0 Å². The molecule has 1 aliphatic rings. The molecule has 15 heavy (non-hydrogen) atoms. The van der Waals surface area contributed by atoms with Gasteiger partial charge < -0.3 is 23.1 Å². The minimum Gasteiger partial charge on any atom is -0.395 e. The Labute approximate surface area is 92.4 Å². The van der Waals surface area contributed by atoms with E-state index in [1.807, 2.05) is 0 Å². The third-order valence-corrected chi connectivity index (χ3v) is 3.31. The molecule has 5 nitrogen and oxygen atoms in total. The minimum atomic E-state index is -1.20. The Kier molecular flexibility index (Phi) is 7.15. The van der Waals surface area contributed by atoms with Gasteiger partial charge in [0.25, 0.3) is 0 Å². The summed E-state index contributed by atoms with van der Waals surface area (Å²) in [6.07, 6.45) is 1.81. The maximum atomic E-state index is 5.38. The molecular formula is C9H19O5Si. The number of rotatable bonds is 10. The van der Waals surface area contributed by atoms with Crippen LogP contribution in [0, 0.1) is 0 Å². The Morgan fingerprint density at radius 3 is 2.47 bits per heavy atom. The molecule has 0 saturated carbocycles. The van der Waals surface area contributed by atoms with Crippen molar-refractivity contribution in [3.05, 3.63) is 0 Å². The Bertz CT molecular complexity index is 149. The van der Waals surface area contributed by atoms with Crippen LogP contribution in [0.4, 0.5) is 0 Å². The van der Waals surface area contributed by atoms with E-state index in [9.17, 15) is 0 Å². The number of hydrogen-bond acceptors (Lipinski definition) is 5. The van der Waals surface area contributed by atoms with Gasteiger partial charge in [-0.25, -0.2) is 0 Å². The summed E-state index contributed by atoms with van der Waals surface area (Å²) in [6.45, 7) is 2.98. The van der Waals surface area contributed by atoms with E-state index in [0.717, 1.165) is 19.6 Å². The summed E-state index contributed by atoms with van der Waals surface area (Å²) in [6, 6.07) is 0. The van der Waals surface area contributed by atoms with Gasteiger partial charge in [0.2, 0.25) is 0 Å². The summed E-state index contributed by atoms with van der Waals surface area (Å²) in [5.41, 5.74) is 0. The van der Waals surface area contributed by atoms with Crippen LogP contribution in [-0.4, -0.2) is 62.3 Å². The summed E-state index contributed by atoms with van der Waals surface area (Å²) in [5.74, 6) is 0. The lowest BCUT2D eigenvalue weighted by Gasteiger charge is -2.09. The van der Waals surface area contributed by atoms with Crippen molar-refractivity contribution >= 4 is 9.28 Å². The lowest BCUT2D eigenvalue weighted by Crippen LogP contribution is -2.26. The largest absolute Gasteiger partial charge is 0.412 e. The second-order valence-electron chi connectivity index (χ2n) is 3.22. The van der Waals surface area contributed by atoms with Crippen LogP contribution in [0.3, 0.4) is 0 Å². The standard InChI is InChI=1S/C9H19O5Si/c1-10-15(11-2)8-13-5-3-4-12-6-9-7-14-9/h9H,3-8H2,1-2H3. The summed E-state index contributed by atoms with van der Waals surface area (Å²) in [5, 5.41) is 0. The van der Waals surface area contributed by atoms with Crippen molar-refractivity contribution in [2.45, 2.75) is 12.5 Å². The first-order chi connectivity index (χ1) is 7.36. The van der Waals surface area contributed by atoms with Crippen molar-refractivity contribution in [3.8, 4) is 0 Å². The zero-order chi connectivity index (χ0) is 10.9. The maximum absolute atomic E-state index is 5.38. The zero-order valence-corrected chi connectivity index (χ0v) is 10.4. The van der Waals surface area contributed by atoms with Gasteiger partial charge in [0.05, 0.1) is 19.4 Å². The van der Waals surface area contributed by atoms with Gasteiger partial charge in [-0.3, -0.25) is 0 Å².